The van der Waals surface area contributed by atoms with E-state index >= 15 is 4.39 Å². The van der Waals surface area contributed by atoms with Crippen molar-refractivity contribution in [2.75, 3.05) is 0 Å². The number of hydrogen-bond acceptors (Lipinski definition) is 0. The molecule has 0 radical (unpaired) electrons. The lowest BCUT2D eigenvalue weighted by Gasteiger charge is -2.52. The van der Waals surface area contributed by atoms with Crippen LogP contribution in [0.4, 0.5) is 4.39 Å². The van der Waals surface area contributed by atoms with Gasteiger partial charge >= 0.3 is 0 Å². The molecule has 0 amide bonds. The lowest BCUT2D eigenvalue weighted by atomic mass is 9.52. The summed E-state index contributed by atoms with van der Waals surface area (Å²) in [7, 11) is 0. The Hall–Kier alpha value is -0.850. The summed E-state index contributed by atoms with van der Waals surface area (Å²) in [5.74, 6) is 1.54. The van der Waals surface area contributed by atoms with Crippen LogP contribution in [-0.4, -0.2) is 0 Å². The van der Waals surface area contributed by atoms with Gasteiger partial charge in [0.1, 0.15) is 5.82 Å². The average Bonchev–Trinajstić information content (AvgIpc) is 2.56. The van der Waals surface area contributed by atoms with Gasteiger partial charge in [0, 0.05) is 0 Å². The predicted molar refractivity (Wildman–Crippen MR) is 94.3 cm³/mol. The number of rotatable bonds is 2. The Kier molecular flexibility index (Phi) is 3.82. The topological polar surface area (TPSA) is 0 Å². The molecule has 4 aliphatic rings. The maximum Gasteiger partial charge on any atom is 0.127 e. The van der Waals surface area contributed by atoms with Gasteiger partial charge < -0.3 is 0 Å². The monoisotopic (exact) mass is 314 g/mol. The van der Waals surface area contributed by atoms with Crippen LogP contribution >= 0.6 is 0 Å². The first kappa shape index (κ1) is 15.7. The Bertz CT molecular complexity index is 555. The second-order valence-corrected chi connectivity index (χ2v) is 9.29. The van der Waals surface area contributed by atoms with Gasteiger partial charge in [0.2, 0.25) is 0 Å². The summed E-state index contributed by atoms with van der Waals surface area (Å²) in [5.41, 5.74) is 3.00. The second kappa shape index (κ2) is 5.60. The molecule has 0 atom stereocenters. The zero-order valence-corrected chi connectivity index (χ0v) is 14.8. The second-order valence-electron chi connectivity index (χ2n) is 9.29. The van der Waals surface area contributed by atoms with Crippen molar-refractivity contribution in [1.29, 1.82) is 0 Å². The standard InChI is InChI=1S/C22H31F/c1-16-3-5-17(6-4-16)18-7-8-19(20(23)15-18)22-12-9-21(2,10-13-22)11-14-22/h7-8,15-17H,3-6,9-14H2,1-2H3. The van der Waals surface area contributed by atoms with Gasteiger partial charge in [-0.05, 0) is 91.2 Å². The van der Waals surface area contributed by atoms with Crippen LogP contribution in [0, 0.1) is 17.2 Å². The van der Waals surface area contributed by atoms with E-state index in [0.717, 1.165) is 11.5 Å². The van der Waals surface area contributed by atoms with Gasteiger partial charge in [0.25, 0.3) is 0 Å². The SMILES string of the molecule is CC1CCC(c2ccc(C34CCC(C)(CC3)CC4)c(F)c2)CC1. The van der Waals surface area contributed by atoms with Crippen molar-refractivity contribution in [2.24, 2.45) is 11.3 Å². The molecule has 4 fully saturated rings. The first-order chi connectivity index (χ1) is 11.0. The molecule has 126 valence electrons. The van der Waals surface area contributed by atoms with Gasteiger partial charge in [-0.25, -0.2) is 4.39 Å². The average molecular weight is 314 g/mol. The van der Waals surface area contributed by atoms with Crippen LogP contribution < -0.4 is 0 Å². The molecule has 1 aromatic carbocycles. The largest absolute Gasteiger partial charge is 0.207 e. The minimum Gasteiger partial charge on any atom is -0.207 e. The number of halogens is 1. The van der Waals surface area contributed by atoms with Gasteiger partial charge in [-0.1, -0.05) is 38.8 Å². The molecule has 0 heterocycles. The summed E-state index contributed by atoms with van der Waals surface area (Å²) in [5, 5.41) is 0. The molecular weight excluding hydrogens is 283 g/mol. The highest BCUT2D eigenvalue weighted by molar-refractivity contribution is 5.34. The summed E-state index contributed by atoms with van der Waals surface area (Å²) in [6.07, 6.45) is 12.5. The van der Waals surface area contributed by atoms with E-state index in [1.54, 1.807) is 0 Å². The van der Waals surface area contributed by atoms with E-state index in [4.69, 9.17) is 0 Å². The van der Waals surface area contributed by atoms with Crippen molar-refractivity contribution in [2.45, 2.75) is 89.4 Å². The van der Waals surface area contributed by atoms with Crippen molar-refractivity contribution < 1.29 is 4.39 Å². The fourth-order valence-corrected chi connectivity index (χ4v) is 5.59. The molecular formula is C22H31F. The molecule has 0 spiro atoms. The van der Waals surface area contributed by atoms with Crippen molar-refractivity contribution in [1.82, 2.24) is 0 Å². The van der Waals surface area contributed by atoms with Crippen molar-refractivity contribution >= 4 is 0 Å². The zero-order chi connectivity index (χ0) is 16.1. The van der Waals surface area contributed by atoms with Crippen LogP contribution in [-0.2, 0) is 5.41 Å². The first-order valence-electron chi connectivity index (χ1n) is 9.80. The minimum atomic E-state index is 0.0895. The van der Waals surface area contributed by atoms with Crippen molar-refractivity contribution in [3.63, 3.8) is 0 Å². The summed E-state index contributed by atoms with van der Waals surface area (Å²) >= 11 is 0. The minimum absolute atomic E-state index is 0.0895. The highest BCUT2D eigenvalue weighted by atomic mass is 19.1. The summed E-state index contributed by atoms with van der Waals surface area (Å²) < 4.78 is 15.0. The maximum absolute atomic E-state index is 15.0. The molecule has 2 bridgehead atoms. The van der Waals surface area contributed by atoms with Crippen molar-refractivity contribution in [3.05, 3.63) is 35.1 Å². The summed E-state index contributed by atoms with van der Waals surface area (Å²) in [6.45, 7) is 4.78. The Labute approximate surface area is 140 Å². The number of hydrogen-bond donors (Lipinski definition) is 0. The smallest absolute Gasteiger partial charge is 0.127 e. The molecule has 5 rings (SSSR count). The van der Waals surface area contributed by atoms with Gasteiger partial charge in [-0.15, -0.1) is 0 Å². The summed E-state index contributed by atoms with van der Waals surface area (Å²) in [6, 6.07) is 6.32. The molecule has 0 nitrogen and oxygen atoms in total. The van der Waals surface area contributed by atoms with E-state index in [1.165, 1.54) is 69.8 Å². The van der Waals surface area contributed by atoms with E-state index in [1.807, 2.05) is 6.07 Å². The van der Waals surface area contributed by atoms with Gasteiger partial charge in [-0.2, -0.15) is 0 Å². The lowest BCUT2D eigenvalue weighted by molar-refractivity contribution is 0.0536. The van der Waals surface area contributed by atoms with Gasteiger partial charge in [-0.3, -0.25) is 0 Å². The Morgan fingerprint density at radius 2 is 1.52 bits per heavy atom. The van der Waals surface area contributed by atoms with Crippen LogP contribution in [0.25, 0.3) is 0 Å². The Morgan fingerprint density at radius 1 is 0.913 bits per heavy atom. The molecule has 1 heteroatoms. The summed E-state index contributed by atoms with van der Waals surface area (Å²) in [4.78, 5) is 0. The number of benzene rings is 1. The molecule has 0 aliphatic heterocycles. The fourth-order valence-electron chi connectivity index (χ4n) is 5.59. The van der Waals surface area contributed by atoms with Gasteiger partial charge in [0.05, 0.1) is 0 Å². The molecule has 23 heavy (non-hydrogen) atoms. The highest BCUT2D eigenvalue weighted by Crippen LogP contribution is 2.58. The molecule has 0 aromatic heterocycles. The van der Waals surface area contributed by atoms with Gasteiger partial charge in [0.15, 0.2) is 0 Å². The lowest BCUT2D eigenvalue weighted by Crippen LogP contribution is -2.43. The molecule has 4 aliphatic carbocycles. The number of fused-ring (bicyclic) bond motifs is 3. The predicted octanol–water partition coefficient (Wildman–Crippen LogP) is 6.73. The van der Waals surface area contributed by atoms with Crippen molar-refractivity contribution in [3.8, 4) is 0 Å². The maximum atomic E-state index is 15.0. The third-order valence-electron chi connectivity index (χ3n) is 7.67. The third kappa shape index (κ3) is 2.75. The third-order valence-corrected chi connectivity index (χ3v) is 7.67. The molecule has 1 aromatic rings. The zero-order valence-electron chi connectivity index (χ0n) is 14.8. The molecule has 0 N–H and O–H groups in total. The van der Waals surface area contributed by atoms with E-state index in [-0.39, 0.29) is 11.2 Å². The normalized spacial score (nSPS) is 40.3. The van der Waals surface area contributed by atoms with Crippen LogP contribution in [0.5, 0.6) is 0 Å². The fraction of sp³-hybridized carbons (Fsp3) is 0.727. The quantitative estimate of drug-likeness (QED) is 0.567. The van der Waals surface area contributed by atoms with E-state index < -0.39 is 0 Å². The van der Waals surface area contributed by atoms with Crippen LogP contribution in [0.3, 0.4) is 0 Å². The Morgan fingerprint density at radius 3 is 2.09 bits per heavy atom. The van der Waals surface area contributed by atoms with Crippen LogP contribution in [0.2, 0.25) is 0 Å². The van der Waals surface area contributed by atoms with E-state index in [2.05, 4.69) is 26.0 Å². The molecule has 0 saturated heterocycles. The van der Waals surface area contributed by atoms with Crippen LogP contribution in [0.15, 0.2) is 18.2 Å². The molecule has 4 saturated carbocycles. The molecule has 0 unspecified atom stereocenters. The first-order valence-corrected chi connectivity index (χ1v) is 9.80. The van der Waals surface area contributed by atoms with E-state index in [9.17, 15) is 0 Å². The van der Waals surface area contributed by atoms with Crippen LogP contribution in [0.1, 0.15) is 95.1 Å². The van der Waals surface area contributed by atoms with E-state index in [0.29, 0.717) is 11.3 Å². The highest BCUT2D eigenvalue weighted by Gasteiger charge is 2.47. The Balaban J connectivity index is 1.57.